The third-order valence-corrected chi connectivity index (χ3v) is 4.93. The predicted octanol–water partition coefficient (Wildman–Crippen LogP) is 3.74. The minimum atomic E-state index is -0.361. The molecule has 2 aromatic carbocycles. The second-order valence-electron chi connectivity index (χ2n) is 6.60. The molecule has 1 atom stereocenters. The molecule has 0 aromatic heterocycles. The van der Waals surface area contributed by atoms with E-state index in [0.29, 0.717) is 10.7 Å². The van der Waals surface area contributed by atoms with Crippen molar-refractivity contribution in [2.75, 3.05) is 12.4 Å². The molecule has 1 aliphatic rings. The molecule has 0 fully saturated rings. The highest BCUT2D eigenvalue weighted by Gasteiger charge is 2.30. The van der Waals surface area contributed by atoms with Gasteiger partial charge in [0, 0.05) is 11.4 Å². The van der Waals surface area contributed by atoms with Gasteiger partial charge >= 0.3 is 0 Å². The Morgan fingerprint density at radius 3 is 2.59 bits per heavy atom. The number of ether oxygens (including phenoxy) is 1. The number of thiocarbonyl (C=S) groups is 1. The van der Waals surface area contributed by atoms with Crippen molar-refractivity contribution < 1.29 is 9.53 Å². The number of carbonyl (C=O) groups excluding carboxylic acids is 1. The monoisotopic (exact) mass is 381 g/mol. The van der Waals surface area contributed by atoms with Crippen LogP contribution in [-0.4, -0.2) is 18.1 Å². The molecule has 0 unspecified atom stereocenters. The van der Waals surface area contributed by atoms with E-state index in [2.05, 4.69) is 16.0 Å². The van der Waals surface area contributed by atoms with E-state index in [-0.39, 0.29) is 11.9 Å². The van der Waals surface area contributed by atoms with Crippen molar-refractivity contribution in [2.45, 2.75) is 26.8 Å². The van der Waals surface area contributed by atoms with Crippen LogP contribution in [0.25, 0.3) is 0 Å². The number of allylic oxidation sites excluding steroid dienone is 1. The second-order valence-corrected chi connectivity index (χ2v) is 7.01. The van der Waals surface area contributed by atoms with Crippen LogP contribution >= 0.6 is 12.2 Å². The molecular formula is C21H23N3O2S. The van der Waals surface area contributed by atoms with Gasteiger partial charge in [-0.2, -0.15) is 0 Å². The molecule has 6 heteroatoms. The normalized spacial score (nSPS) is 16.4. The van der Waals surface area contributed by atoms with Crippen molar-refractivity contribution >= 4 is 28.9 Å². The summed E-state index contributed by atoms with van der Waals surface area (Å²) in [6, 6.07) is 13.1. The number of benzene rings is 2. The lowest BCUT2D eigenvalue weighted by Gasteiger charge is -2.30. The number of hydrogen-bond donors (Lipinski definition) is 3. The zero-order valence-electron chi connectivity index (χ0n) is 15.8. The standard InChI is InChI=1S/C21H23N3O2S/c1-12-8-9-16(10-13(12)2)23-20(25)18-14(3)22-21(27)24-19(18)15-6-5-7-17(11-15)26-4/h5-11,19H,1-4H3,(H,23,25)(H2,22,24,27)/t19-/m1/s1. The fraction of sp³-hybridized carbons (Fsp3) is 0.238. The second kappa shape index (κ2) is 7.80. The molecule has 1 amide bonds. The van der Waals surface area contributed by atoms with Crippen LogP contribution in [0.5, 0.6) is 5.75 Å². The van der Waals surface area contributed by atoms with Crippen LogP contribution in [0.4, 0.5) is 5.69 Å². The van der Waals surface area contributed by atoms with Gasteiger partial charge in [0.05, 0.1) is 18.7 Å². The van der Waals surface area contributed by atoms with Gasteiger partial charge in [-0.05, 0) is 73.9 Å². The van der Waals surface area contributed by atoms with Crippen molar-refractivity contribution in [1.29, 1.82) is 0 Å². The highest BCUT2D eigenvalue weighted by atomic mass is 32.1. The van der Waals surface area contributed by atoms with Crippen molar-refractivity contribution in [1.82, 2.24) is 10.6 Å². The molecule has 3 rings (SSSR count). The molecular weight excluding hydrogens is 358 g/mol. The van der Waals surface area contributed by atoms with Crippen molar-refractivity contribution in [3.05, 3.63) is 70.4 Å². The molecule has 0 radical (unpaired) electrons. The topological polar surface area (TPSA) is 62.4 Å². The summed E-state index contributed by atoms with van der Waals surface area (Å²) >= 11 is 5.30. The van der Waals surface area contributed by atoms with Crippen LogP contribution in [0.15, 0.2) is 53.7 Å². The Bertz CT molecular complexity index is 937. The average Bonchev–Trinajstić information content (AvgIpc) is 2.64. The maximum Gasteiger partial charge on any atom is 0.255 e. The summed E-state index contributed by atoms with van der Waals surface area (Å²) in [7, 11) is 1.62. The number of carbonyl (C=O) groups is 1. The zero-order chi connectivity index (χ0) is 19.6. The van der Waals surface area contributed by atoms with Crippen LogP contribution < -0.4 is 20.7 Å². The number of nitrogens with one attached hydrogen (secondary N) is 3. The van der Waals surface area contributed by atoms with Gasteiger partial charge in [0.25, 0.3) is 5.91 Å². The minimum absolute atomic E-state index is 0.175. The van der Waals surface area contributed by atoms with Crippen LogP contribution in [0.2, 0.25) is 0 Å². The molecule has 140 valence electrons. The summed E-state index contributed by atoms with van der Waals surface area (Å²) in [5.41, 5.74) is 5.31. The van der Waals surface area contributed by atoms with Gasteiger partial charge in [0.2, 0.25) is 0 Å². The molecule has 0 saturated heterocycles. The first-order valence-corrected chi connectivity index (χ1v) is 9.10. The number of methoxy groups -OCH3 is 1. The van der Waals surface area contributed by atoms with Crippen LogP contribution in [0.3, 0.4) is 0 Å². The molecule has 2 aromatic rings. The molecule has 0 spiro atoms. The number of amides is 1. The zero-order valence-corrected chi connectivity index (χ0v) is 16.7. The Balaban J connectivity index is 1.95. The summed E-state index contributed by atoms with van der Waals surface area (Å²) in [4.78, 5) is 13.1. The third kappa shape index (κ3) is 4.11. The van der Waals surface area contributed by atoms with Crippen molar-refractivity contribution in [3.63, 3.8) is 0 Å². The quantitative estimate of drug-likeness (QED) is 0.704. The molecule has 5 nitrogen and oxygen atoms in total. The lowest BCUT2D eigenvalue weighted by molar-refractivity contribution is -0.113. The number of rotatable bonds is 4. The third-order valence-electron chi connectivity index (χ3n) is 4.71. The van der Waals surface area contributed by atoms with E-state index in [0.717, 1.165) is 28.3 Å². The maximum absolute atomic E-state index is 13.1. The maximum atomic E-state index is 13.1. The van der Waals surface area contributed by atoms with E-state index in [1.165, 1.54) is 5.56 Å². The van der Waals surface area contributed by atoms with Crippen molar-refractivity contribution in [2.24, 2.45) is 0 Å². The smallest absolute Gasteiger partial charge is 0.255 e. The van der Waals surface area contributed by atoms with Gasteiger partial charge in [-0.3, -0.25) is 4.79 Å². The Morgan fingerprint density at radius 2 is 1.89 bits per heavy atom. The molecule has 0 bridgehead atoms. The highest BCUT2D eigenvalue weighted by molar-refractivity contribution is 7.80. The Hall–Kier alpha value is -2.86. The summed E-state index contributed by atoms with van der Waals surface area (Å²) in [5.74, 6) is 0.552. The van der Waals surface area contributed by atoms with E-state index >= 15 is 0 Å². The number of hydrogen-bond acceptors (Lipinski definition) is 3. The molecule has 3 N–H and O–H groups in total. The summed E-state index contributed by atoms with van der Waals surface area (Å²) in [6.07, 6.45) is 0. The summed E-state index contributed by atoms with van der Waals surface area (Å²) in [6.45, 7) is 5.93. The lowest BCUT2D eigenvalue weighted by atomic mass is 9.94. The minimum Gasteiger partial charge on any atom is -0.497 e. The van der Waals surface area contributed by atoms with E-state index in [1.54, 1.807) is 7.11 Å². The van der Waals surface area contributed by atoms with E-state index in [9.17, 15) is 4.79 Å². The Morgan fingerprint density at radius 1 is 1.11 bits per heavy atom. The Kier molecular flexibility index (Phi) is 5.46. The first-order chi connectivity index (χ1) is 12.9. The largest absolute Gasteiger partial charge is 0.497 e. The number of aryl methyl sites for hydroxylation is 2. The van der Waals surface area contributed by atoms with Gasteiger partial charge in [0.1, 0.15) is 5.75 Å². The van der Waals surface area contributed by atoms with E-state index < -0.39 is 0 Å². The lowest BCUT2D eigenvalue weighted by Crippen LogP contribution is -2.45. The van der Waals surface area contributed by atoms with Crippen molar-refractivity contribution in [3.8, 4) is 5.75 Å². The highest BCUT2D eigenvalue weighted by Crippen LogP contribution is 2.30. The SMILES string of the molecule is COc1cccc([C@H]2NC(=S)NC(C)=C2C(=O)Nc2ccc(C)c(C)c2)c1. The first-order valence-electron chi connectivity index (χ1n) is 8.70. The Labute approximate surface area is 164 Å². The van der Waals surface area contributed by atoms with Crippen LogP contribution in [0.1, 0.15) is 29.7 Å². The van der Waals surface area contributed by atoms with Gasteiger partial charge in [-0.25, -0.2) is 0 Å². The fourth-order valence-electron chi connectivity index (χ4n) is 3.08. The fourth-order valence-corrected chi connectivity index (χ4v) is 3.35. The van der Waals surface area contributed by atoms with Gasteiger partial charge in [-0.1, -0.05) is 18.2 Å². The van der Waals surface area contributed by atoms with Gasteiger partial charge < -0.3 is 20.7 Å². The molecule has 0 saturated carbocycles. The van der Waals surface area contributed by atoms with Gasteiger partial charge in [-0.15, -0.1) is 0 Å². The average molecular weight is 382 g/mol. The van der Waals surface area contributed by atoms with E-state index in [1.807, 2.05) is 63.2 Å². The molecule has 27 heavy (non-hydrogen) atoms. The van der Waals surface area contributed by atoms with Gasteiger partial charge in [0.15, 0.2) is 5.11 Å². The van der Waals surface area contributed by atoms with Crippen LogP contribution in [-0.2, 0) is 4.79 Å². The predicted molar refractivity (Wildman–Crippen MR) is 112 cm³/mol. The van der Waals surface area contributed by atoms with E-state index in [4.69, 9.17) is 17.0 Å². The summed E-state index contributed by atoms with van der Waals surface area (Å²) < 4.78 is 5.32. The summed E-state index contributed by atoms with van der Waals surface area (Å²) in [5, 5.41) is 9.74. The molecule has 0 aliphatic carbocycles. The first kappa shape index (κ1) is 18.9. The molecule has 1 heterocycles. The number of anilines is 1. The van der Waals surface area contributed by atoms with Crippen LogP contribution in [0, 0.1) is 13.8 Å². The molecule has 1 aliphatic heterocycles.